The van der Waals surface area contributed by atoms with Crippen LogP contribution >= 0.6 is 0 Å². The van der Waals surface area contributed by atoms with Crippen molar-refractivity contribution < 1.29 is 49.0 Å². The molecule has 0 unspecified atom stereocenters. The fourth-order valence-electron chi connectivity index (χ4n) is 4.83. The Morgan fingerprint density at radius 2 is 1.55 bits per heavy atom. The monoisotopic (exact) mass is 610 g/mol. The molecule has 0 amide bonds. The molecule has 236 valence electrons. The number of aromatic nitrogens is 1. The molecule has 0 radical (unpaired) electrons. The molecule has 1 aliphatic rings. The van der Waals surface area contributed by atoms with E-state index in [9.17, 15) is 14.4 Å². The van der Waals surface area contributed by atoms with Crippen molar-refractivity contribution in [2.24, 2.45) is 0 Å². The van der Waals surface area contributed by atoms with Crippen LogP contribution in [0.25, 0.3) is 0 Å². The summed E-state index contributed by atoms with van der Waals surface area (Å²) in [5.74, 6) is -2.66. The molecule has 1 aliphatic heterocycles. The average molecular weight is 611 g/mol. The normalized spacial score (nSPS) is 15.8. The number of carboxylic acids is 3. The molecule has 2 aromatic carbocycles. The van der Waals surface area contributed by atoms with E-state index in [0.717, 1.165) is 34.9 Å². The van der Waals surface area contributed by atoms with E-state index in [-0.39, 0.29) is 18.2 Å². The first-order valence-corrected chi connectivity index (χ1v) is 13.9. The number of pyridine rings is 1. The van der Waals surface area contributed by atoms with Crippen molar-refractivity contribution in [1.82, 2.24) is 10.3 Å². The first kappa shape index (κ1) is 33.8. The zero-order valence-electron chi connectivity index (χ0n) is 25.2. The molecular weight excluding hydrogens is 572 g/mol. The Morgan fingerprint density at radius 3 is 2.02 bits per heavy atom. The summed E-state index contributed by atoms with van der Waals surface area (Å²) in [5.41, 5.74) is 3.05. The summed E-state index contributed by atoms with van der Waals surface area (Å²) in [6.45, 7) is 6.12. The number of ether oxygens (including phenoxy) is 3. The van der Waals surface area contributed by atoms with Crippen molar-refractivity contribution in [1.29, 1.82) is 0 Å². The maximum Gasteiger partial charge on any atom is 0.336 e. The zero-order chi connectivity index (χ0) is 32.6. The summed E-state index contributed by atoms with van der Waals surface area (Å²) in [4.78, 5) is 35.2. The molecule has 2 heterocycles. The largest absolute Gasteiger partial charge is 0.493 e. The van der Waals surface area contributed by atoms with Crippen molar-refractivity contribution in [3.05, 3.63) is 82.7 Å². The van der Waals surface area contributed by atoms with Crippen molar-refractivity contribution >= 4 is 17.9 Å². The van der Waals surface area contributed by atoms with Crippen LogP contribution in [0.2, 0.25) is 0 Å². The van der Waals surface area contributed by atoms with Crippen LogP contribution in [0.1, 0.15) is 66.7 Å². The van der Waals surface area contributed by atoms with E-state index in [1.165, 1.54) is 16.7 Å². The number of carboxylic acid groups (broad SMARTS) is 3. The molecule has 12 heteroatoms. The minimum absolute atomic E-state index is 0.00441. The van der Waals surface area contributed by atoms with Gasteiger partial charge in [0.25, 0.3) is 0 Å². The number of nitrogens with one attached hydrogen (secondary N) is 1. The zero-order valence-corrected chi connectivity index (χ0v) is 25.2. The quantitative estimate of drug-likeness (QED) is 0.211. The summed E-state index contributed by atoms with van der Waals surface area (Å²) in [6, 6.07) is 16.8. The van der Waals surface area contributed by atoms with E-state index in [1.807, 2.05) is 32.2 Å². The second kappa shape index (κ2) is 14.7. The SMILES string of the molecule is COc1cc2c(cc1OC)[C@@H](c1ccc(OC(C)C)cc1)N[C@@H](c1ccc(C)cn1)C2.O=C(O)CC(O)(CC(=O)O)C(=O)O. The molecule has 0 fully saturated rings. The molecule has 0 saturated heterocycles. The average Bonchev–Trinajstić information content (AvgIpc) is 2.95. The minimum atomic E-state index is -2.74. The molecule has 2 atom stereocenters. The van der Waals surface area contributed by atoms with Crippen LogP contribution in [0.5, 0.6) is 17.2 Å². The van der Waals surface area contributed by atoms with Gasteiger partial charge in [-0.3, -0.25) is 19.9 Å². The Bertz CT molecular complexity index is 1440. The molecule has 0 spiro atoms. The summed E-state index contributed by atoms with van der Waals surface area (Å²) in [6.07, 6.45) is 0.613. The third-order valence-corrected chi connectivity index (χ3v) is 6.91. The van der Waals surface area contributed by atoms with Crippen molar-refractivity contribution in [2.75, 3.05) is 14.2 Å². The van der Waals surface area contributed by atoms with Gasteiger partial charge in [0.1, 0.15) is 5.75 Å². The Labute approximate surface area is 255 Å². The van der Waals surface area contributed by atoms with Gasteiger partial charge in [-0.2, -0.15) is 0 Å². The van der Waals surface area contributed by atoms with Crippen molar-refractivity contribution in [3.63, 3.8) is 0 Å². The lowest BCUT2D eigenvalue weighted by Crippen LogP contribution is -2.42. The molecule has 0 bridgehead atoms. The molecule has 12 nitrogen and oxygen atoms in total. The molecule has 44 heavy (non-hydrogen) atoms. The Kier molecular flexibility index (Phi) is 11.3. The van der Waals surface area contributed by atoms with Gasteiger partial charge >= 0.3 is 17.9 Å². The number of benzene rings is 2. The third kappa shape index (κ3) is 8.68. The van der Waals surface area contributed by atoms with Gasteiger partial charge in [-0.1, -0.05) is 18.2 Å². The number of fused-ring (bicyclic) bond motifs is 1. The number of aliphatic hydroxyl groups is 1. The maximum atomic E-state index is 10.3. The predicted molar refractivity (Wildman–Crippen MR) is 159 cm³/mol. The molecule has 1 aromatic heterocycles. The third-order valence-electron chi connectivity index (χ3n) is 6.91. The van der Waals surface area contributed by atoms with Crippen LogP contribution in [0.4, 0.5) is 0 Å². The predicted octanol–water partition coefficient (Wildman–Crippen LogP) is 3.92. The lowest BCUT2D eigenvalue weighted by molar-refractivity contribution is -0.170. The Hall–Kier alpha value is -4.68. The number of carbonyl (C=O) groups is 3. The van der Waals surface area contributed by atoms with E-state index < -0.39 is 36.4 Å². The van der Waals surface area contributed by atoms with Crippen LogP contribution in [0, 0.1) is 6.92 Å². The molecule has 3 aromatic rings. The van der Waals surface area contributed by atoms with Crippen LogP contribution in [0.15, 0.2) is 54.7 Å². The summed E-state index contributed by atoms with van der Waals surface area (Å²) in [5, 5.41) is 37.6. The fraction of sp³-hybridized carbons (Fsp3) is 0.375. The summed E-state index contributed by atoms with van der Waals surface area (Å²) < 4.78 is 17.0. The molecule has 4 rings (SSSR count). The smallest absolute Gasteiger partial charge is 0.336 e. The molecule has 5 N–H and O–H groups in total. The van der Waals surface area contributed by atoms with Crippen molar-refractivity contribution in [2.45, 2.75) is 63.8 Å². The minimum Gasteiger partial charge on any atom is -0.493 e. The lowest BCUT2D eigenvalue weighted by Gasteiger charge is -2.34. The molecule has 0 aliphatic carbocycles. The van der Waals surface area contributed by atoms with Crippen LogP contribution < -0.4 is 19.5 Å². The topological polar surface area (TPSA) is 185 Å². The highest BCUT2D eigenvalue weighted by Gasteiger charge is 2.40. The van der Waals surface area contributed by atoms with Gasteiger partial charge < -0.3 is 34.6 Å². The van der Waals surface area contributed by atoms with Gasteiger partial charge in [0.05, 0.1) is 50.9 Å². The number of hydrogen-bond donors (Lipinski definition) is 5. The van der Waals surface area contributed by atoms with E-state index in [1.54, 1.807) is 14.2 Å². The Morgan fingerprint density at radius 1 is 0.955 bits per heavy atom. The van der Waals surface area contributed by atoms with Gasteiger partial charge in [0.2, 0.25) is 0 Å². The fourth-order valence-corrected chi connectivity index (χ4v) is 4.83. The van der Waals surface area contributed by atoms with Gasteiger partial charge in [-0.05, 0) is 79.8 Å². The number of rotatable bonds is 11. The number of nitrogens with zero attached hydrogens (tertiary/aromatic N) is 1. The van der Waals surface area contributed by atoms with E-state index in [2.05, 4.69) is 53.6 Å². The van der Waals surface area contributed by atoms with Crippen LogP contribution in [-0.4, -0.2) is 69.2 Å². The lowest BCUT2D eigenvalue weighted by atomic mass is 9.85. The van der Waals surface area contributed by atoms with Gasteiger partial charge in [0.15, 0.2) is 17.1 Å². The maximum absolute atomic E-state index is 10.3. The highest BCUT2D eigenvalue weighted by atomic mass is 16.5. The van der Waals surface area contributed by atoms with Gasteiger partial charge in [-0.25, -0.2) is 4.79 Å². The number of hydrogen-bond acceptors (Lipinski definition) is 9. The first-order valence-electron chi connectivity index (χ1n) is 13.9. The number of aryl methyl sites for hydroxylation is 1. The molecular formula is C32H38N2O10. The standard InChI is InChI=1S/C26H30N2O3.C6H8O7/c1-16(2)31-20-9-7-18(8-10-20)26-21-14-25(30-5)24(29-4)13-19(21)12-23(28-26)22-11-6-17(3)15-27-22;7-3(8)1-6(13,5(11)12)2-4(9)10/h6-11,13-16,23,26,28H,12H2,1-5H3;13H,1-2H2,(H,7,8)(H,9,10)(H,11,12)/t23-,26-;/m1./s1. The Balaban J connectivity index is 0.000000345. The number of aliphatic carboxylic acids is 3. The van der Waals surface area contributed by atoms with E-state index in [0.29, 0.717) is 0 Å². The van der Waals surface area contributed by atoms with Crippen LogP contribution in [0.3, 0.4) is 0 Å². The summed E-state index contributed by atoms with van der Waals surface area (Å²) in [7, 11) is 3.35. The van der Waals surface area contributed by atoms with Crippen molar-refractivity contribution in [3.8, 4) is 17.2 Å². The second-order valence-corrected chi connectivity index (χ2v) is 10.7. The van der Waals surface area contributed by atoms with Crippen LogP contribution in [-0.2, 0) is 20.8 Å². The summed E-state index contributed by atoms with van der Waals surface area (Å²) >= 11 is 0. The highest BCUT2D eigenvalue weighted by molar-refractivity contribution is 5.88. The van der Waals surface area contributed by atoms with E-state index in [4.69, 9.17) is 34.6 Å². The first-order chi connectivity index (χ1) is 20.8. The number of methoxy groups -OCH3 is 2. The second-order valence-electron chi connectivity index (χ2n) is 10.7. The van der Waals surface area contributed by atoms with E-state index >= 15 is 0 Å². The molecule has 0 saturated carbocycles. The van der Waals surface area contributed by atoms with Gasteiger partial charge in [-0.15, -0.1) is 0 Å². The highest BCUT2D eigenvalue weighted by Crippen LogP contribution is 2.41. The van der Waals surface area contributed by atoms with Gasteiger partial charge in [0, 0.05) is 6.20 Å².